The van der Waals surface area contributed by atoms with Gasteiger partial charge in [0.1, 0.15) is 5.82 Å². The maximum atomic E-state index is 11.4. The Balaban J connectivity index is 2.51. The molecule has 0 bridgehead atoms. The van der Waals surface area contributed by atoms with Gasteiger partial charge in [-0.3, -0.25) is 0 Å². The highest BCUT2D eigenvalue weighted by atomic mass is 32.2. The minimum Gasteiger partial charge on any atom is -0.396 e. The Morgan fingerprint density at radius 2 is 2.25 bits per heavy atom. The predicted octanol–water partition coefficient (Wildman–Crippen LogP) is -0.413. The van der Waals surface area contributed by atoms with Crippen LogP contribution in [0.4, 0.5) is 0 Å². The number of sulfonamides is 1. The van der Waals surface area contributed by atoms with Crippen LogP contribution in [0.25, 0.3) is 0 Å². The molecule has 90 valence electrons. The summed E-state index contributed by atoms with van der Waals surface area (Å²) in [5.74, 6) is 0.528. The SMILES string of the molecule is Cc1nccc(CNS(=O)(=O)CCCO)n1. The monoisotopic (exact) mass is 245 g/mol. The molecule has 0 aliphatic rings. The van der Waals surface area contributed by atoms with Gasteiger partial charge in [-0.05, 0) is 19.4 Å². The highest BCUT2D eigenvalue weighted by molar-refractivity contribution is 7.89. The Labute approximate surface area is 94.8 Å². The fourth-order valence-corrected chi connectivity index (χ4v) is 2.14. The summed E-state index contributed by atoms with van der Waals surface area (Å²) in [7, 11) is -3.33. The summed E-state index contributed by atoms with van der Waals surface area (Å²) >= 11 is 0. The first-order chi connectivity index (χ1) is 7.53. The number of aliphatic hydroxyl groups excluding tert-OH is 1. The van der Waals surface area contributed by atoms with Gasteiger partial charge in [0.25, 0.3) is 0 Å². The van der Waals surface area contributed by atoms with Crippen molar-refractivity contribution in [3.05, 3.63) is 23.8 Å². The van der Waals surface area contributed by atoms with E-state index in [2.05, 4.69) is 14.7 Å². The normalized spacial score (nSPS) is 11.6. The predicted molar refractivity (Wildman–Crippen MR) is 59.1 cm³/mol. The zero-order valence-electron chi connectivity index (χ0n) is 9.05. The number of aryl methyl sites for hydroxylation is 1. The largest absolute Gasteiger partial charge is 0.396 e. The first-order valence-electron chi connectivity index (χ1n) is 4.90. The lowest BCUT2D eigenvalue weighted by atomic mass is 10.4. The van der Waals surface area contributed by atoms with Crippen molar-refractivity contribution in [2.45, 2.75) is 19.9 Å². The van der Waals surface area contributed by atoms with Gasteiger partial charge in [-0.15, -0.1) is 0 Å². The quantitative estimate of drug-likeness (QED) is 0.710. The second kappa shape index (κ2) is 5.88. The van der Waals surface area contributed by atoms with Gasteiger partial charge in [0, 0.05) is 12.8 Å². The summed E-state index contributed by atoms with van der Waals surface area (Å²) < 4.78 is 25.2. The van der Waals surface area contributed by atoms with Crippen LogP contribution >= 0.6 is 0 Å². The molecule has 0 aliphatic carbocycles. The molecule has 7 heteroatoms. The van der Waals surface area contributed by atoms with E-state index >= 15 is 0 Å². The molecule has 1 rings (SSSR count). The molecule has 6 nitrogen and oxygen atoms in total. The van der Waals surface area contributed by atoms with Crippen molar-refractivity contribution in [2.24, 2.45) is 0 Å². The standard InChI is InChI=1S/C9H15N3O3S/c1-8-10-4-3-9(12-8)7-11-16(14,15)6-2-5-13/h3-4,11,13H,2,5-7H2,1H3. The lowest BCUT2D eigenvalue weighted by Crippen LogP contribution is -2.26. The topological polar surface area (TPSA) is 92.2 Å². The molecule has 1 aromatic heterocycles. The van der Waals surface area contributed by atoms with Crippen LogP contribution < -0.4 is 4.72 Å². The molecule has 0 unspecified atom stereocenters. The van der Waals surface area contributed by atoms with E-state index < -0.39 is 10.0 Å². The number of nitrogens with one attached hydrogen (secondary N) is 1. The van der Waals surface area contributed by atoms with E-state index in [9.17, 15) is 8.42 Å². The van der Waals surface area contributed by atoms with Crippen molar-refractivity contribution in [2.75, 3.05) is 12.4 Å². The number of hydrogen-bond acceptors (Lipinski definition) is 5. The Kier molecular flexibility index (Phi) is 4.78. The molecule has 1 aromatic rings. The third-order valence-corrected chi connectivity index (χ3v) is 3.29. The van der Waals surface area contributed by atoms with Crippen LogP contribution in [0.2, 0.25) is 0 Å². The number of hydrogen-bond donors (Lipinski definition) is 2. The van der Waals surface area contributed by atoms with Crippen LogP contribution in [-0.4, -0.2) is 35.9 Å². The molecule has 0 saturated carbocycles. The van der Waals surface area contributed by atoms with E-state index in [0.717, 1.165) is 0 Å². The van der Waals surface area contributed by atoms with Gasteiger partial charge in [-0.25, -0.2) is 23.1 Å². The van der Waals surface area contributed by atoms with Crippen molar-refractivity contribution < 1.29 is 13.5 Å². The van der Waals surface area contributed by atoms with Crippen LogP contribution in [0.15, 0.2) is 12.3 Å². The van der Waals surface area contributed by atoms with Gasteiger partial charge in [-0.1, -0.05) is 0 Å². The van der Waals surface area contributed by atoms with Crippen molar-refractivity contribution in [3.8, 4) is 0 Å². The summed E-state index contributed by atoms with van der Waals surface area (Å²) in [5, 5.41) is 8.54. The minimum absolute atomic E-state index is 0.0758. The molecule has 0 amide bonds. The zero-order valence-corrected chi connectivity index (χ0v) is 9.87. The second-order valence-corrected chi connectivity index (χ2v) is 5.24. The fourth-order valence-electron chi connectivity index (χ4n) is 1.11. The maximum absolute atomic E-state index is 11.4. The molecule has 0 radical (unpaired) electrons. The van der Waals surface area contributed by atoms with Gasteiger partial charge >= 0.3 is 0 Å². The smallest absolute Gasteiger partial charge is 0.212 e. The van der Waals surface area contributed by atoms with E-state index in [0.29, 0.717) is 11.5 Å². The molecule has 0 aromatic carbocycles. The van der Waals surface area contributed by atoms with E-state index in [4.69, 9.17) is 5.11 Å². The van der Waals surface area contributed by atoms with E-state index in [-0.39, 0.29) is 25.3 Å². The van der Waals surface area contributed by atoms with Crippen LogP contribution in [0, 0.1) is 6.92 Å². The van der Waals surface area contributed by atoms with Crippen molar-refractivity contribution in [1.29, 1.82) is 0 Å². The average molecular weight is 245 g/mol. The third-order valence-electron chi connectivity index (χ3n) is 1.88. The summed E-state index contributed by atoms with van der Waals surface area (Å²) in [6.07, 6.45) is 1.82. The molecule has 16 heavy (non-hydrogen) atoms. The molecular formula is C9H15N3O3S. The first kappa shape index (κ1) is 13.0. The number of rotatable bonds is 6. The molecule has 0 atom stereocenters. The van der Waals surface area contributed by atoms with Crippen LogP contribution in [0.3, 0.4) is 0 Å². The molecule has 0 aliphatic heterocycles. The number of aliphatic hydroxyl groups is 1. The van der Waals surface area contributed by atoms with Crippen molar-refractivity contribution >= 4 is 10.0 Å². The van der Waals surface area contributed by atoms with E-state index in [1.807, 2.05) is 0 Å². The lowest BCUT2D eigenvalue weighted by molar-refractivity contribution is 0.295. The Bertz CT molecular complexity index is 433. The molecule has 0 spiro atoms. The highest BCUT2D eigenvalue weighted by Gasteiger charge is 2.09. The number of nitrogens with zero attached hydrogens (tertiary/aromatic N) is 2. The van der Waals surface area contributed by atoms with Gasteiger partial charge in [0.05, 0.1) is 18.0 Å². The zero-order chi connectivity index (χ0) is 12.0. The fraction of sp³-hybridized carbons (Fsp3) is 0.556. The summed E-state index contributed by atoms with van der Waals surface area (Å²) in [6.45, 7) is 1.76. The third kappa shape index (κ3) is 4.65. The Morgan fingerprint density at radius 3 is 2.88 bits per heavy atom. The van der Waals surface area contributed by atoms with Crippen LogP contribution in [0.5, 0.6) is 0 Å². The molecule has 0 saturated heterocycles. The van der Waals surface area contributed by atoms with Gasteiger partial charge in [0.15, 0.2) is 0 Å². The van der Waals surface area contributed by atoms with Crippen LogP contribution in [0.1, 0.15) is 17.9 Å². The minimum atomic E-state index is -3.33. The summed E-state index contributed by atoms with van der Waals surface area (Å²) in [5.41, 5.74) is 0.625. The van der Waals surface area contributed by atoms with Gasteiger partial charge in [0.2, 0.25) is 10.0 Å². The van der Waals surface area contributed by atoms with Crippen molar-refractivity contribution in [1.82, 2.24) is 14.7 Å². The highest BCUT2D eigenvalue weighted by Crippen LogP contribution is 1.96. The lowest BCUT2D eigenvalue weighted by Gasteiger charge is -2.05. The summed E-state index contributed by atoms with van der Waals surface area (Å²) in [4.78, 5) is 7.98. The van der Waals surface area contributed by atoms with E-state index in [1.54, 1.807) is 19.2 Å². The second-order valence-electron chi connectivity index (χ2n) is 3.31. The van der Waals surface area contributed by atoms with Gasteiger partial charge in [-0.2, -0.15) is 0 Å². The van der Waals surface area contributed by atoms with Gasteiger partial charge < -0.3 is 5.11 Å². The molecule has 2 N–H and O–H groups in total. The van der Waals surface area contributed by atoms with Crippen molar-refractivity contribution in [3.63, 3.8) is 0 Å². The molecule has 1 heterocycles. The summed E-state index contributed by atoms with van der Waals surface area (Å²) in [6, 6.07) is 1.65. The van der Waals surface area contributed by atoms with E-state index in [1.165, 1.54) is 0 Å². The molecular weight excluding hydrogens is 230 g/mol. The Morgan fingerprint density at radius 1 is 1.50 bits per heavy atom. The maximum Gasteiger partial charge on any atom is 0.212 e. The molecule has 0 fully saturated rings. The van der Waals surface area contributed by atoms with Crippen LogP contribution in [-0.2, 0) is 16.6 Å². The number of aromatic nitrogens is 2. The first-order valence-corrected chi connectivity index (χ1v) is 6.55. The average Bonchev–Trinajstić information content (AvgIpc) is 2.24. The Hall–Kier alpha value is -1.05.